The number of thiazole rings is 1. The molecule has 1 amide bonds. The van der Waals surface area contributed by atoms with Crippen LogP contribution in [-0.2, 0) is 6.42 Å². The Morgan fingerprint density at radius 3 is 3.10 bits per heavy atom. The van der Waals surface area contributed by atoms with Crippen LogP contribution in [0.4, 0.5) is 0 Å². The number of ether oxygens (including phenoxy) is 1. The van der Waals surface area contributed by atoms with Gasteiger partial charge in [0.25, 0.3) is 5.91 Å². The first kappa shape index (κ1) is 12.8. The van der Waals surface area contributed by atoms with Crippen molar-refractivity contribution in [1.82, 2.24) is 9.88 Å². The summed E-state index contributed by atoms with van der Waals surface area (Å²) in [6.45, 7) is 1.57. The van der Waals surface area contributed by atoms with Crippen LogP contribution in [0.5, 0.6) is 5.75 Å². The molecule has 0 bridgehead atoms. The first-order valence-corrected chi connectivity index (χ1v) is 7.71. The van der Waals surface area contributed by atoms with Gasteiger partial charge in [-0.1, -0.05) is 0 Å². The predicted octanol–water partition coefficient (Wildman–Crippen LogP) is 1.56. The van der Waals surface area contributed by atoms with E-state index >= 15 is 0 Å². The van der Waals surface area contributed by atoms with Crippen molar-refractivity contribution < 1.29 is 14.6 Å². The maximum absolute atomic E-state index is 12.2. The second kappa shape index (κ2) is 4.82. The van der Waals surface area contributed by atoms with Gasteiger partial charge in [-0.25, -0.2) is 4.98 Å². The van der Waals surface area contributed by atoms with E-state index in [0.29, 0.717) is 18.0 Å². The minimum Gasteiger partial charge on any atom is -0.493 e. The van der Waals surface area contributed by atoms with Crippen molar-refractivity contribution in [3.05, 3.63) is 34.8 Å². The normalized spacial score (nSPS) is 17.3. The molecule has 1 saturated heterocycles. The Labute approximate surface area is 125 Å². The maximum Gasteiger partial charge on any atom is 0.265 e. The number of carbonyl (C=O) groups is 1. The van der Waals surface area contributed by atoms with E-state index in [2.05, 4.69) is 11.1 Å². The molecule has 0 atom stereocenters. The lowest BCUT2D eigenvalue weighted by Gasteiger charge is -2.35. The van der Waals surface area contributed by atoms with Crippen LogP contribution < -0.4 is 4.74 Å². The molecule has 2 aliphatic rings. The van der Waals surface area contributed by atoms with Gasteiger partial charge < -0.3 is 14.7 Å². The van der Waals surface area contributed by atoms with E-state index in [9.17, 15) is 9.90 Å². The first-order chi connectivity index (χ1) is 10.2. The number of β-amino-alcohol motifs (C(OH)–C–C–N with tert-alkyl or cyclic N) is 1. The zero-order valence-electron chi connectivity index (χ0n) is 11.3. The van der Waals surface area contributed by atoms with Crippen molar-refractivity contribution in [3.8, 4) is 16.3 Å². The van der Waals surface area contributed by atoms with Crippen molar-refractivity contribution >= 4 is 17.2 Å². The number of amides is 1. The highest BCUT2D eigenvalue weighted by Gasteiger charge is 2.30. The standard InChI is InChI=1S/C15H14N2O3S/c18-11-7-17(8-11)15(19)13-6-16-14(21-13)10-1-2-12-9(5-10)3-4-20-12/h1-2,5-6,11,18H,3-4,7-8H2. The highest BCUT2D eigenvalue weighted by molar-refractivity contribution is 7.16. The van der Waals surface area contributed by atoms with Crippen LogP contribution in [0.3, 0.4) is 0 Å². The average Bonchev–Trinajstić information content (AvgIpc) is 3.10. The SMILES string of the molecule is O=C(c1cnc(-c2ccc3c(c2)CCO3)s1)N1CC(O)C1. The molecule has 2 aliphatic heterocycles. The largest absolute Gasteiger partial charge is 0.493 e. The lowest BCUT2D eigenvalue weighted by atomic mass is 10.1. The number of benzene rings is 1. The summed E-state index contributed by atoms with van der Waals surface area (Å²) in [5, 5.41) is 10.1. The van der Waals surface area contributed by atoms with Crippen molar-refractivity contribution in [2.75, 3.05) is 19.7 Å². The summed E-state index contributed by atoms with van der Waals surface area (Å²) in [6, 6.07) is 6.03. The molecule has 2 aromatic rings. The summed E-state index contributed by atoms with van der Waals surface area (Å²) in [5.41, 5.74) is 2.22. The average molecular weight is 302 g/mol. The van der Waals surface area contributed by atoms with Crippen LogP contribution in [0.25, 0.3) is 10.6 Å². The minimum absolute atomic E-state index is 0.0476. The molecular formula is C15H14N2O3S. The zero-order valence-corrected chi connectivity index (χ0v) is 12.1. The molecule has 1 N–H and O–H groups in total. The number of likely N-dealkylation sites (tertiary alicyclic amines) is 1. The fourth-order valence-electron chi connectivity index (χ4n) is 2.60. The number of carbonyl (C=O) groups excluding carboxylic acids is 1. The van der Waals surface area contributed by atoms with E-state index < -0.39 is 0 Å². The molecule has 0 unspecified atom stereocenters. The number of aromatic nitrogens is 1. The van der Waals surface area contributed by atoms with Gasteiger partial charge in [0.15, 0.2) is 0 Å². The molecule has 0 spiro atoms. The second-order valence-corrected chi connectivity index (χ2v) is 6.35. The van der Waals surface area contributed by atoms with Crippen molar-refractivity contribution in [2.24, 2.45) is 0 Å². The van der Waals surface area contributed by atoms with Gasteiger partial charge in [0.2, 0.25) is 0 Å². The Bertz CT molecular complexity index is 707. The van der Waals surface area contributed by atoms with Crippen LogP contribution >= 0.6 is 11.3 Å². The Morgan fingerprint density at radius 2 is 2.29 bits per heavy atom. The molecule has 1 aromatic heterocycles. The molecule has 0 saturated carbocycles. The number of rotatable bonds is 2. The smallest absolute Gasteiger partial charge is 0.265 e. The molecule has 6 heteroatoms. The number of nitrogens with zero attached hydrogens (tertiary/aromatic N) is 2. The van der Waals surface area contributed by atoms with E-state index in [1.54, 1.807) is 11.1 Å². The van der Waals surface area contributed by atoms with Gasteiger partial charge in [-0.2, -0.15) is 0 Å². The Balaban J connectivity index is 1.58. The van der Waals surface area contributed by atoms with E-state index in [4.69, 9.17) is 4.74 Å². The molecular weight excluding hydrogens is 288 g/mol. The number of hydrogen-bond donors (Lipinski definition) is 1. The fraction of sp³-hybridized carbons (Fsp3) is 0.333. The molecule has 108 valence electrons. The number of fused-ring (bicyclic) bond motifs is 1. The van der Waals surface area contributed by atoms with Gasteiger partial charge in [0.1, 0.15) is 15.6 Å². The fourth-order valence-corrected chi connectivity index (χ4v) is 3.48. The molecule has 0 aliphatic carbocycles. The lowest BCUT2D eigenvalue weighted by Crippen LogP contribution is -2.53. The first-order valence-electron chi connectivity index (χ1n) is 6.90. The van der Waals surface area contributed by atoms with Gasteiger partial charge in [0, 0.05) is 25.1 Å². The van der Waals surface area contributed by atoms with E-state index in [0.717, 1.165) is 29.3 Å². The predicted molar refractivity (Wildman–Crippen MR) is 78.7 cm³/mol. The van der Waals surface area contributed by atoms with Gasteiger partial charge in [-0.15, -0.1) is 11.3 Å². The Morgan fingerprint density at radius 1 is 1.43 bits per heavy atom. The van der Waals surface area contributed by atoms with Gasteiger partial charge >= 0.3 is 0 Å². The molecule has 4 rings (SSSR count). The third-order valence-electron chi connectivity index (χ3n) is 3.80. The minimum atomic E-state index is -0.377. The third-order valence-corrected chi connectivity index (χ3v) is 4.84. The molecule has 1 aromatic carbocycles. The maximum atomic E-state index is 12.2. The van der Waals surface area contributed by atoms with Crippen molar-refractivity contribution in [3.63, 3.8) is 0 Å². The molecule has 0 radical (unpaired) electrons. The van der Waals surface area contributed by atoms with Crippen LogP contribution in [0.1, 0.15) is 15.2 Å². The van der Waals surface area contributed by atoms with E-state index in [1.807, 2.05) is 12.1 Å². The topological polar surface area (TPSA) is 62.7 Å². The molecule has 21 heavy (non-hydrogen) atoms. The summed E-state index contributed by atoms with van der Waals surface area (Å²) in [4.78, 5) is 18.8. The van der Waals surface area contributed by atoms with Crippen LogP contribution in [0.15, 0.2) is 24.4 Å². The lowest BCUT2D eigenvalue weighted by molar-refractivity contribution is 0.00621. The number of aliphatic hydroxyl groups excluding tert-OH is 1. The zero-order chi connectivity index (χ0) is 14.4. The van der Waals surface area contributed by atoms with E-state index in [1.165, 1.54) is 16.9 Å². The van der Waals surface area contributed by atoms with E-state index in [-0.39, 0.29) is 12.0 Å². The summed E-state index contributed by atoms with van der Waals surface area (Å²) >= 11 is 1.39. The number of aliphatic hydroxyl groups is 1. The van der Waals surface area contributed by atoms with Crippen molar-refractivity contribution in [2.45, 2.75) is 12.5 Å². The van der Waals surface area contributed by atoms with Gasteiger partial charge in [-0.05, 0) is 23.8 Å². The molecule has 5 nitrogen and oxygen atoms in total. The second-order valence-electron chi connectivity index (χ2n) is 5.31. The summed E-state index contributed by atoms with van der Waals surface area (Å²) < 4.78 is 5.49. The molecule has 3 heterocycles. The summed E-state index contributed by atoms with van der Waals surface area (Å²) in [5.74, 6) is 0.898. The van der Waals surface area contributed by atoms with Crippen LogP contribution in [0.2, 0.25) is 0 Å². The van der Waals surface area contributed by atoms with Gasteiger partial charge in [0.05, 0.1) is 18.9 Å². The van der Waals surface area contributed by atoms with Crippen LogP contribution in [0, 0.1) is 0 Å². The third kappa shape index (κ3) is 2.20. The quantitative estimate of drug-likeness (QED) is 0.914. The Kier molecular flexibility index (Phi) is 2.94. The van der Waals surface area contributed by atoms with Crippen LogP contribution in [-0.4, -0.2) is 46.7 Å². The monoisotopic (exact) mass is 302 g/mol. The summed E-state index contributed by atoms with van der Waals surface area (Å²) in [7, 11) is 0. The summed E-state index contributed by atoms with van der Waals surface area (Å²) in [6.07, 6.45) is 2.17. The Hall–Kier alpha value is -1.92. The van der Waals surface area contributed by atoms with Gasteiger partial charge in [-0.3, -0.25) is 4.79 Å². The van der Waals surface area contributed by atoms with Crippen molar-refractivity contribution in [1.29, 1.82) is 0 Å². The highest BCUT2D eigenvalue weighted by atomic mass is 32.1. The number of hydrogen-bond acceptors (Lipinski definition) is 5. The highest BCUT2D eigenvalue weighted by Crippen LogP contribution is 2.32. The molecule has 1 fully saturated rings.